The van der Waals surface area contributed by atoms with Crippen molar-refractivity contribution in [2.24, 2.45) is 5.41 Å². The van der Waals surface area contributed by atoms with Crippen molar-refractivity contribution in [2.45, 2.75) is 63.8 Å². The molecular weight excluding hydrogens is 170 g/mol. The molecule has 1 heteroatoms. The molecule has 0 unspecified atom stereocenters. The van der Waals surface area contributed by atoms with Gasteiger partial charge in [-0.15, -0.1) is 0 Å². The van der Waals surface area contributed by atoms with Crippen LogP contribution >= 0.6 is 0 Å². The smallest absolute Gasteiger partial charge is 0.00957 e. The van der Waals surface area contributed by atoms with E-state index in [1.165, 1.54) is 70.9 Å². The molecule has 0 atom stereocenters. The molecule has 2 saturated carbocycles. The van der Waals surface area contributed by atoms with E-state index in [-0.39, 0.29) is 0 Å². The van der Waals surface area contributed by atoms with Gasteiger partial charge in [-0.2, -0.15) is 0 Å². The molecule has 3 fully saturated rings. The maximum atomic E-state index is 2.79. The van der Waals surface area contributed by atoms with E-state index in [0.29, 0.717) is 0 Å². The van der Waals surface area contributed by atoms with E-state index in [9.17, 15) is 0 Å². The maximum absolute atomic E-state index is 2.79. The second-order valence-corrected chi connectivity index (χ2v) is 5.90. The summed E-state index contributed by atoms with van der Waals surface area (Å²) in [4.78, 5) is 2.79. The van der Waals surface area contributed by atoms with Gasteiger partial charge in [-0.3, -0.25) is 4.90 Å². The van der Waals surface area contributed by atoms with Crippen LogP contribution in [0.4, 0.5) is 0 Å². The molecule has 0 aromatic carbocycles. The van der Waals surface area contributed by atoms with Crippen molar-refractivity contribution < 1.29 is 0 Å². The molecule has 1 nitrogen and oxygen atoms in total. The summed E-state index contributed by atoms with van der Waals surface area (Å²) in [7, 11) is 0. The molecule has 0 amide bonds. The lowest BCUT2D eigenvalue weighted by Crippen LogP contribution is -2.59. The first-order valence-electron chi connectivity index (χ1n) is 6.62. The summed E-state index contributed by atoms with van der Waals surface area (Å²) >= 11 is 0. The number of nitrogens with zero attached hydrogens (tertiary/aromatic N) is 1. The Morgan fingerprint density at radius 1 is 0.786 bits per heavy atom. The summed E-state index contributed by atoms with van der Waals surface area (Å²) in [6.07, 6.45) is 13.6. The normalized spacial score (nSPS) is 33.4. The summed E-state index contributed by atoms with van der Waals surface area (Å²) in [6.45, 7) is 2.91. The minimum Gasteiger partial charge on any atom is -0.299 e. The minimum atomic E-state index is 0.806. The number of hydrogen-bond donors (Lipinski definition) is 0. The van der Waals surface area contributed by atoms with Crippen LogP contribution in [0.5, 0.6) is 0 Å². The van der Waals surface area contributed by atoms with Crippen molar-refractivity contribution in [3.63, 3.8) is 0 Å². The van der Waals surface area contributed by atoms with Gasteiger partial charge in [0.25, 0.3) is 0 Å². The molecule has 3 aliphatic rings. The molecule has 2 aliphatic carbocycles. The van der Waals surface area contributed by atoms with Crippen LogP contribution in [-0.4, -0.2) is 24.0 Å². The van der Waals surface area contributed by atoms with E-state index in [2.05, 4.69) is 4.90 Å². The van der Waals surface area contributed by atoms with Crippen LogP contribution in [0.3, 0.4) is 0 Å². The highest BCUT2D eigenvalue weighted by molar-refractivity contribution is 4.99. The van der Waals surface area contributed by atoms with Gasteiger partial charge in [-0.1, -0.05) is 32.1 Å². The molecule has 14 heavy (non-hydrogen) atoms. The molecular formula is C13H23N. The van der Waals surface area contributed by atoms with Gasteiger partial charge in [0.05, 0.1) is 0 Å². The van der Waals surface area contributed by atoms with Crippen LogP contribution in [0.2, 0.25) is 0 Å². The zero-order valence-electron chi connectivity index (χ0n) is 9.30. The van der Waals surface area contributed by atoms with Crippen LogP contribution in [0.15, 0.2) is 0 Å². The quantitative estimate of drug-likeness (QED) is 0.618. The van der Waals surface area contributed by atoms with Gasteiger partial charge >= 0.3 is 0 Å². The molecule has 0 N–H and O–H groups in total. The first kappa shape index (κ1) is 9.21. The van der Waals surface area contributed by atoms with E-state index < -0.39 is 0 Å². The monoisotopic (exact) mass is 193 g/mol. The summed E-state index contributed by atoms with van der Waals surface area (Å²) in [5.41, 5.74) is 0.806. The molecule has 1 aliphatic heterocycles. The molecule has 0 aromatic heterocycles. The summed E-state index contributed by atoms with van der Waals surface area (Å²) in [5, 5.41) is 0. The van der Waals surface area contributed by atoms with E-state index in [1.807, 2.05) is 0 Å². The average Bonchev–Trinajstić information content (AvgIpc) is 2.68. The number of hydrogen-bond acceptors (Lipinski definition) is 1. The highest BCUT2D eigenvalue weighted by Crippen LogP contribution is 2.46. The Hall–Kier alpha value is -0.0400. The zero-order valence-corrected chi connectivity index (χ0v) is 9.30. The van der Waals surface area contributed by atoms with Crippen LogP contribution in [0.1, 0.15) is 57.8 Å². The summed E-state index contributed by atoms with van der Waals surface area (Å²) in [5.74, 6) is 0. The summed E-state index contributed by atoms with van der Waals surface area (Å²) in [6, 6.07) is 0.988. The molecule has 1 saturated heterocycles. The van der Waals surface area contributed by atoms with Crippen LogP contribution in [-0.2, 0) is 0 Å². The Bertz CT molecular complexity index is 191. The largest absolute Gasteiger partial charge is 0.299 e. The lowest BCUT2D eigenvalue weighted by molar-refractivity contribution is -0.0532. The van der Waals surface area contributed by atoms with E-state index in [0.717, 1.165) is 11.5 Å². The van der Waals surface area contributed by atoms with Gasteiger partial charge < -0.3 is 0 Å². The number of likely N-dealkylation sites (tertiary alicyclic amines) is 1. The Balaban J connectivity index is 1.53. The highest BCUT2D eigenvalue weighted by Gasteiger charge is 2.45. The Morgan fingerprint density at radius 2 is 1.43 bits per heavy atom. The number of rotatable bonds is 1. The molecule has 80 valence electrons. The third-order valence-electron chi connectivity index (χ3n) is 4.83. The topological polar surface area (TPSA) is 3.24 Å². The van der Waals surface area contributed by atoms with Crippen molar-refractivity contribution >= 4 is 0 Å². The lowest BCUT2D eigenvalue weighted by atomic mass is 9.68. The molecule has 0 radical (unpaired) electrons. The fraction of sp³-hybridized carbons (Fsp3) is 1.00. The van der Waals surface area contributed by atoms with Crippen molar-refractivity contribution in [1.82, 2.24) is 4.90 Å². The summed E-state index contributed by atoms with van der Waals surface area (Å²) < 4.78 is 0. The van der Waals surface area contributed by atoms with E-state index in [1.54, 1.807) is 0 Å². The SMILES string of the molecule is C1CCC2(CC1)CN(C1CCCC1)C2. The van der Waals surface area contributed by atoms with Crippen molar-refractivity contribution in [3.8, 4) is 0 Å². The predicted molar refractivity (Wildman–Crippen MR) is 59.3 cm³/mol. The second-order valence-electron chi connectivity index (χ2n) is 5.90. The third-order valence-corrected chi connectivity index (χ3v) is 4.83. The Labute approximate surface area is 87.9 Å². The van der Waals surface area contributed by atoms with Crippen LogP contribution in [0, 0.1) is 5.41 Å². The third kappa shape index (κ3) is 1.50. The standard InChI is InChI=1S/C13H23N/c1-4-8-13(9-5-1)10-14(11-13)12-6-2-3-7-12/h12H,1-11H2. The fourth-order valence-electron chi connectivity index (χ4n) is 3.96. The zero-order chi connectivity index (χ0) is 9.43. The van der Waals surface area contributed by atoms with Crippen molar-refractivity contribution in [2.75, 3.05) is 13.1 Å². The molecule has 0 bridgehead atoms. The van der Waals surface area contributed by atoms with Gasteiger partial charge in [0.2, 0.25) is 0 Å². The molecule has 1 heterocycles. The van der Waals surface area contributed by atoms with Gasteiger partial charge in [0, 0.05) is 19.1 Å². The molecule has 0 aromatic rings. The predicted octanol–water partition coefficient (Wildman–Crippen LogP) is 3.20. The fourth-order valence-corrected chi connectivity index (χ4v) is 3.96. The highest BCUT2D eigenvalue weighted by atomic mass is 15.2. The van der Waals surface area contributed by atoms with Crippen LogP contribution < -0.4 is 0 Å². The maximum Gasteiger partial charge on any atom is 0.00957 e. The molecule has 3 rings (SSSR count). The van der Waals surface area contributed by atoms with Crippen molar-refractivity contribution in [3.05, 3.63) is 0 Å². The van der Waals surface area contributed by atoms with Gasteiger partial charge in [-0.05, 0) is 31.1 Å². The first-order chi connectivity index (χ1) is 6.88. The van der Waals surface area contributed by atoms with E-state index >= 15 is 0 Å². The van der Waals surface area contributed by atoms with Gasteiger partial charge in [-0.25, -0.2) is 0 Å². The van der Waals surface area contributed by atoms with Gasteiger partial charge in [0.1, 0.15) is 0 Å². The molecule has 1 spiro atoms. The van der Waals surface area contributed by atoms with E-state index in [4.69, 9.17) is 0 Å². The Morgan fingerprint density at radius 3 is 2.07 bits per heavy atom. The lowest BCUT2D eigenvalue weighted by Gasteiger charge is -2.55. The van der Waals surface area contributed by atoms with Crippen molar-refractivity contribution in [1.29, 1.82) is 0 Å². The Kier molecular flexibility index (Phi) is 2.31. The second kappa shape index (κ2) is 3.52. The van der Waals surface area contributed by atoms with Gasteiger partial charge in [0.15, 0.2) is 0 Å². The average molecular weight is 193 g/mol. The first-order valence-corrected chi connectivity index (χ1v) is 6.62. The minimum absolute atomic E-state index is 0.806. The van der Waals surface area contributed by atoms with Crippen LogP contribution in [0.25, 0.3) is 0 Å².